The molecule has 0 heteroatoms. The van der Waals surface area contributed by atoms with Crippen LogP contribution in [0, 0.1) is 11.8 Å². The van der Waals surface area contributed by atoms with Crippen LogP contribution in [0.15, 0.2) is 11.6 Å². The molecule has 0 N–H and O–H groups in total. The van der Waals surface area contributed by atoms with Gasteiger partial charge in [-0.2, -0.15) is 0 Å². The summed E-state index contributed by atoms with van der Waals surface area (Å²) >= 11 is 0. The number of hydrogen-bond donors (Lipinski definition) is 0. The van der Waals surface area contributed by atoms with Crippen molar-refractivity contribution >= 4 is 0 Å². The normalized spacial score (nSPS) is 41.4. The van der Waals surface area contributed by atoms with Crippen molar-refractivity contribution < 1.29 is 0 Å². The molecule has 8 heavy (non-hydrogen) atoms. The van der Waals surface area contributed by atoms with E-state index in [0.717, 1.165) is 11.8 Å². The Kier molecular flexibility index (Phi) is 0.787. The van der Waals surface area contributed by atoms with Gasteiger partial charge in [-0.25, -0.2) is 0 Å². The minimum Gasteiger partial charge on any atom is -0.0819 e. The lowest BCUT2D eigenvalue weighted by Crippen LogP contribution is -1.89. The summed E-state index contributed by atoms with van der Waals surface area (Å²) in [5.74, 6) is 2.02. The molecule has 0 radical (unpaired) electrons. The summed E-state index contributed by atoms with van der Waals surface area (Å²) in [6.45, 7) is 2.28. The van der Waals surface area contributed by atoms with E-state index >= 15 is 0 Å². The molecular weight excluding hydrogens is 96.1 g/mol. The lowest BCUT2D eigenvalue weighted by Gasteiger charge is -2.01. The van der Waals surface area contributed by atoms with Crippen LogP contribution in [0.4, 0.5) is 0 Å². The summed E-state index contributed by atoms with van der Waals surface area (Å²) in [4.78, 5) is 0. The van der Waals surface area contributed by atoms with Gasteiger partial charge in [-0.3, -0.25) is 0 Å². The maximum atomic E-state index is 2.49. The SMILES string of the molecule is CCC1C=C2CC2C1. The van der Waals surface area contributed by atoms with Crippen LogP contribution in [0.5, 0.6) is 0 Å². The Hall–Kier alpha value is -0.260. The number of allylic oxidation sites excluding steroid dienone is 2. The summed E-state index contributed by atoms with van der Waals surface area (Å²) in [5.41, 5.74) is 1.76. The van der Waals surface area contributed by atoms with Crippen molar-refractivity contribution in [3.8, 4) is 0 Å². The summed E-state index contributed by atoms with van der Waals surface area (Å²) in [6, 6.07) is 0. The molecule has 0 saturated heterocycles. The summed E-state index contributed by atoms with van der Waals surface area (Å²) < 4.78 is 0. The van der Waals surface area contributed by atoms with Gasteiger partial charge in [0.25, 0.3) is 0 Å². The van der Waals surface area contributed by atoms with Crippen molar-refractivity contribution in [2.45, 2.75) is 26.2 Å². The second kappa shape index (κ2) is 1.37. The molecule has 0 aromatic heterocycles. The van der Waals surface area contributed by atoms with E-state index in [1.165, 1.54) is 19.3 Å². The van der Waals surface area contributed by atoms with Crippen molar-refractivity contribution in [3.05, 3.63) is 11.6 Å². The summed E-state index contributed by atoms with van der Waals surface area (Å²) in [6.07, 6.45) is 6.77. The van der Waals surface area contributed by atoms with Gasteiger partial charge >= 0.3 is 0 Å². The Morgan fingerprint density at radius 3 is 3.00 bits per heavy atom. The molecule has 0 spiro atoms. The van der Waals surface area contributed by atoms with Crippen LogP contribution in [0.25, 0.3) is 0 Å². The third-order valence-corrected chi connectivity index (χ3v) is 2.41. The fourth-order valence-electron chi connectivity index (χ4n) is 1.69. The summed E-state index contributed by atoms with van der Waals surface area (Å²) in [7, 11) is 0. The molecule has 2 rings (SSSR count). The van der Waals surface area contributed by atoms with Gasteiger partial charge in [0.05, 0.1) is 0 Å². The molecule has 2 aliphatic rings. The maximum absolute atomic E-state index is 2.49. The predicted molar refractivity (Wildman–Crippen MR) is 34.6 cm³/mol. The highest BCUT2D eigenvalue weighted by molar-refractivity contribution is 5.29. The molecule has 0 aliphatic heterocycles. The second-order valence-electron chi connectivity index (χ2n) is 3.05. The van der Waals surface area contributed by atoms with Gasteiger partial charge in [0, 0.05) is 0 Å². The standard InChI is InChI=1S/C8H12/c1-2-6-3-7-5-8(7)4-6/h3,6,8H,2,4-5H2,1H3. The van der Waals surface area contributed by atoms with Crippen LogP contribution in [0.3, 0.4) is 0 Å². The minimum absolute atomic E-state index is 0.962. The Morgan fingerprint density at radius 2 is 2.62 bits per heavy atom. The third kappa shape index (κ3) is 0.521. The molecule has 0 aromatic rings. The highest BCUT2D eigenvalue weighted by atomic mass is 14.4. The van der Waals surface area contributed by atoms with E-state index < -0.39 is 0 Å². The van der Waals surface area contributed by atoms with Crippen LogP contribution in [0.2, 0.25) is 0 Å². The highest BCUT2D eigenvalue weighted by Gasteiger charge is 2.36. The Morgan fingerprint density at radius 1 is 1.75 bits per heavy atom. The van der Waals surface area contributed by atoms with E-state index in [9.17, 15) is 0 Å². The lowest BCUT2D eigenvalue weighted by molar-refractivity contribution is 0.562. The third-order valence-electron chi connectivity index (χ3n) is 2.41. The van der Waals surface area contributed by atoms with Crippen LogP contribution in [-0.4, -0.2) is 0 Å². The average Bonchev–Trinajstić information content (AvgIpc) is 2.40. The fraction of sp³-hybridized carbons (Fsp3) is 0.750. The van der Waals surface area contributed by atoms with Crippen LogP contribution < -0.4 is 0 Å². The Labute approximate surface area is 50.6 Å². The number of hydrogen-bond acceptors (Lipinski definition) is 0. The van der Waals surface area contributed by atoms with Gasteiger partial charge in [-0.05, 0) is 31.1 Å². The van der Waals surface area contributed by atoms with E-state index in [1.807, 2.05) is 0 Å². The van der Waals surface area contributed by atoms with Crippen LogP contribution >= 0.6 is 0 Å². The number of rotatable bonds is 1. The highest BCUT2D eigenvalue weighted by Crippen LogP contribution is 2.49. The molecule has 44 valence electrons. The molecule has 2 unspecified atom stereocenters. The minimum atomic E-state index is 0.962. The zero-order chi connectivity index (χ0) is 5.56. The maximum Gasteiger partial charge on any atom is -0.0160 e. The van der Waals surface area contributed by atoms with Gasteiger partial charge in [-0.15, -0.1) is 0 Å². The molecule has 0 heterocycles. The first kappa shape index (κ1) is 4.60. The van der Waals surface area contributed by atoms with E-state index in [1.54, 1.807) is 5.57 Å². The number of fused-ring (bicyclic) bond motifs is 1. The van der Waals surface area contributed by atoms with Crippen molar-refractivity contribution in [3.63, 3.8) is 0 Å². The molecule has 2 aliphatic carbocycles. The van der Waals surface area contributed by atoms with Crippen molar-refractivity contribution in [2.75, 3.05) is 0 Å². The lowest BCUT2D eigenvalue weighted by atomic mass is 10.0. The van der Waals surface area contributed by atoms with E-state index in [2.05, 4.69) is 13.0 Å². The molecule has 0 bridgehead atoms. The predicted octanol–water partition coefficient (Wildman–Crippen LogP) is 2.36. The largest absolute Gasteiger partial charge is 0.0819 e. The summed E-state index contributed by atoms with van der Waals surface area (Å²) in [5, 5.41) is 0. The molecule has 1 saturated carbocycles. The first-order valence-electron chi connectivity index (χ1n) is 3.60. The fourth-order valence-corrected chi connectivity index (χ4v) is 1.69. The first-order chi connectivity index (χ1) is 3.90. The Balaban J connectivity index is 2.06. The van der Waals surface area contributed by atoms with Crippen LogP contribution in [-0.2, 0) is 0 Å². The first-order valence-corrected chi connectivity index (χ1v) is 3.60. The molecule has 0 amide bonds. The van der Waals surface area contributed by atoms with Gasteiger partial charge in [0.2, 0.25) is 0 Å². The molecule has 0 nitrogen and oxygen atoms in total. The zero-order valence-corrected chi connectivity index (χ0v) is 5.35. The van der Waals surface area contributed by atoms with Crippen molar-refractivity contribution in [2.24, 2.45) is 11.8 Å². The molecular formula is C8H12. The van der Waals surface area contributed by atoms with Gasteiger partial charge in [0.15, 0.2) is 0 Å². The monoisotopic (exact) mass is 108 g/mol. The van der Waals surface area contributed by atoms with Crippen molar-refractivity contribution in [1.29, 1.82) is 0 Å². The second-order valence-corrected chi connectivity index (χ2v) is 3.05. The van der Waals surface area contributed by atoms with E-state index in [4.69, 9.17) is 0 Å². The molecule has 2 atom stereocenters. The average molecular weight is 108 g/mol. The quantitative estimate of drug-likeness (QED) is 0.452. The van der Waals surface area contributed by atoms with Gasteiger partial charge in [0.1, 0.15) is 0 Å². The van der Waals surface area contributed by atoms with Crippen LogP contribution in [0.1, 0.15) is 26.2 Å². The topological polar surface area (TPSA) is 0 Å². The van der Waals surface area contributed by atoms with Gasteiger partial charge in [-0.1, -0.05) is 18.6 Å². The van der Waals surface area contributed by atoms with E-state index in [-0.39, 0.29) is 0 Å². The zero-order valence-electron chi connectivity index (χ0n) is 5.35. The molecule has 1 fully saturated rings. The van der Waals surface area contributed by atoms with Gasteiger partial charge < -0.3 is 0 Å². The Bertz CT molecular complexity index is 133. The van der Waals surface area contributed by atoms with Crippen molar-refractivity contribution in [1.82, 2.24) is 0 Å². The molecule has 0 aromatic carbocycles. The smallest absolute Gasteiger partial charge is 0.0160 e. The van der Waals surface area contributed by atoms with E-state index in [0.29, 0.717) is 0 Å².